The monoisotopic (exact) mass is 466 g/mol. The Balaban J connectivity index is 1.59. The largest absolute Gasteiger partial charge is 0.417 e. The summed E-state index contributed by atoms with van der Waals surface area (Å²) >= 11 is 5.55. The van der Waals surface area contributed by atoms with Crippen LogP contribution in [0.4, 0.5) is 18.9 Å². The van der Waals surface area contributed by atoms with Crippen LogP contribution in [0.15, 0.2) is 47.8 Å². The van der Waals surface area contributed by atoms with Crippen LogP contribution in [0.2, 0.25) is 5.02 Å². The van der Waals surface area contributed by atoms with Gasteiger partial charge in [0.25, 0.3) is 5.91 Å². The molecule has 168 valence electrons. The van der Waals surface area contributed by atoms with Crippen LogP contribution in [0, 0.1) is 13.8 Å². The normalized spacial score (nSPS) is 12.0. The second-order valence-electron chi connectivity index (χ2n) is 6.73. The molecule has 0 saturated heterocycles. The second-order valence-corrected chi connectivity index (χ2v) is 7.14. The molecule has 2 heterocycles. The highest BCUT2D eigenvalue weighted by Crippen LogP contribution is 2.36. The lowest BCUT2D eigenvalue weighted by Gasteiger charge is -2.11. The number of aryl methyl sites for hydroxylation is 2. The van der Waals surface area contributed by atoms with Crippen molar-refractivity contribution in [2.24, 2.45) is 10.9 Å². The standard InChI is InChI=1S/C20H18ClF3N6O2/c1-11-7-12(2)30(28-11)17-6-3-13(9-26-17)19(25)29-32-10-18(31)27-14-4-5-16(21)15(8-14)20(22,23)24/h3-9H,10H2,1-2H3,(H2,25,29)(H,27,31). The molecule has 0 aliphatic heterocycles. The Bertz CT molecular complexity index is 1160. The molecule has 0 radical (unpaired) electrons. The number of carbonyl (C=O) groups is 1. The molecule has 0 atom stereocenters. The Hall–Kier alpha value is -3.60. The van der Waals surface area contributed by atoms with Crippen LogP contribution in [0.3, 0.4) is 0 Å². The fourth-order valence-corrected chi connectivity index (χ4v) is 2.98. The van der Waals surface area contributed by atoms with Gasteiger partial charge in [-0.05, 0) is 50.2 Å². The molecule has 3 aromatic rings. The SMILES string of the molecule is Cc1cc(C)n(-c2ccc(/C(N)=N/OCC(=O)Nc3ccc(Cl)c(C(F)(F)F)c3)cn2)n1. The molecule has 1 aromatic carbocycles. The summed E-state index contributed by atoms with van der Waals surface area (Å²) in [6.45, 7) is 3.21. The Morgan fingerprint density at radius 3 is 2.59 bits per heavy atom. The van der Waals surface area contributed by atoms with E-state index in [9.17, 15) is 18.0 Å². The van der Waals surface area contributed by atoms with Crippen molar-refractivity contribution in [1.82, 2.24) is 14.8 Å². The van der Waals surface area contributed by atoms with Crippen molar-refractivity contribution in [3.63, 3.8) is 0 Å². The minimum Gasteiger partial charge on any atom is -0.384 e. The van der Waals surface area contributed by atoms with Crippen molar-refractivity contribution in [2.75, 3.05) is 11.9 Å². The van der Waals surface area contributed by atoms with E-state index in [1.165, 1.54) is 12.3 Å². The Morgan fingerprint density at radius 1 is 1.25 bits per heavy atom. The van der Waals surface area contributed by atoms with E-state index < -0.39 is 29.3 Å². The average Bonchev–Trinajstić information content (AvgIpc) is 3.06. The molecule has 8 nitrogen and oxygen atoms in total. The first-order valence-electron chi connectivity index (χ1n) is 9.16. The molecule has 3 rings (SSSR count). The molecular weight excluding hydrogens is 449 g/mol. The number of rotatable bonds is 6. The highest BCUT2D eigenvalue weighted by molar-refractivity contribution is 6.31. The number of hydrogen-bond donors (Lipinski definition) is 2. The van der Waals surface area contributed by atoms with Gasteiger partial charge in [0.15, 0.2) is 18.3 Å². The molecule has 0 unspecified atom stereocenters. The zero-order chi connectivity index (χ0) is 23.5. The summed E-state index contributed by atoms with van der Waals surface area (Å²) < 4.78 is 40.4. The van der Waals surface area contributed by atoms with Gasteiger partial charge in [-0.1, -0.05) is 16.8 Å². The van der Waals surface area contributed by atoms with Gasteiger partial charge in [-0.2, -0.15) is 18.3 Å². The van der Waals surface area contributed by atoms with Crippen LogP contribution in [-0.4, -0.2) is 33.1 Å². The van der Waals surface area contributed by atoms with Crippen molar-refractivity contribution < 1.29 is 22.8 Å². The van der Waals surface area contributed by atoms with Gasteiger partial charge >= 0.3 is 6.18 Å². The minimum absolute atomic E-state index is 0.0314. The molecular formula is C20H18ClF3N6O2. The van der Waals surface area contributed by atoms with E-state index >= 15 is 0 Å². The van der Waals surface area contributed by atoms with E-state index in [2.05, 4.69) is 20.6 Å². The maximum atomic E-state index is 12.9. The number of alkyl halides is 3. The number of nitrogens with one attached hydrogen (secondary N) is 1. The summed E-state index contributed by atoms with van der Waals surface area (Å²) in [5.74, 6) is -0.167. The first-order chi connectivity index (χ1) is 15.0. The van der Waals surface area contributed by atoms with Gasteiger partial charge in [0.1, 0.15) is 0 Å². The lowest BCUT2D eigenvalue weighted by molar-refractivity contribution is -0.137. The quantitative estimate of drug-likeness (QED) is 0.326. The third-order valence-electron chi connectivity index (χ3n) is 4.18. The summed E-state index contributed by atoms with van der Waals surface area (Å²) in [5.41, 5.74) is 6.91. The number of carbonyl (C=O) groups excluding carboxylic acids is 1. The number of amidine groups is 1. The Morgan fingerprint density at radius 2 is 2.00 bits per heavy atom. The molecule has 2 aromatic heterocycles. The molecule has 0 fully saturated rings. The second kappa shape index (κ2) is 9.27. The third-order valence-corrected chi connectivity index (χ3v) is 4.51. The van der Waals surface area contributed by atoms with Gasteiger partial charge in [0.2, 0.25) is 0 Å². The number of nitrogens with two attached hydrogens (primary N) is 1. The third kappa shape index (κ3) is 5.55. The number of aromatic nitrogens is 3. The first-order valence-corrected chi connectivity index (χ1v) is 9.54. The molecule has 12 heteroatoms. The number of pyridine rings is 1. The number of amides is 1. The summed E-state index contributed by atoms with van der Waals surface area (Å²) in [4.78, 5) is 21.1. The molecule has 1 amide bonds. The number of halogens is 4. The smallest absolute Gasteiger partial charge is 0.384 e. The fourth-order valence-electron chi connectivity index (χ4n) is 2.75. The first kappa shape index (κ1) is 23.1. The van der Waals surface area contributed by atoms with Crippen molar-refractivity contribution >= 4 is 29.0 Å². The van der Waals surface area contributed by atoms with E-state index in [0.29, 0.717) is 11.4 Å². The highest BCUT2D eigenvalue weighted by Gasteiger charge is 2.33. The van der Waals surface area contributed by atoms with E-state index in [1.807, 2.05) is 19.9 Å². The number of benzene rings is 1. The van der Waals surface area contributed by atoms with Crippen LogP contribution >= 0.6 is 11.6 Å². The zero-order valence-electron chi connectivity index (χ0n) is 16.9. The summed E-state index contributed by atoms with van der Waals surface area (Å²) in [6.07, 6.45) is -3.17. The van der Waals surface area contributed by atoms with E-state index in [1.54, 1.807) is 16.8 Å². The van der Waals surface area contributed by atoms with Gasteiger partial charge in [0, 0.05) is 23.1 Å². The predicted octanol–water partition coefficient (Wildman–Crippen LogP) is 3.83. The summed E-state index contributed by atoms with van der Waals surface area (Å²) in [7, 11) is 0. The molecule has 0 aliphatic carbocycles. The maximum Gasteiger partial charge on any atom is 0.417 e. The lowest BCUT2D eigenvalue weighted by atomic mass is 10.2. The van der Waals surface area contributed by atoms with Gasteiger partial charge in [-0.3, -0.25) is 4.79 Å². The van der Waals surface area contributed by atoms with Gasteiger partial charge < -0.3 is 15.9 Å². The number of hydrogen-bond acceptors (Lipinski definition) is 5. The summed E-state index contributed by atoms with van der Waals surface area (Å²) in [6, 6.07) is 8.28. The van der Waals surface area contributed by atoms with Gasteiger partial charge in [0.05, 0.1) is 16.3 Å². The van der Waals surface area contributed by atoms with Crippen LogP contribution < -0.4 is 11.1 Å². The zero-order valence-corrected chi connectivity index (χ0v) is 17.7. The number of oxime groups is 1. The predicted molar refractivity (Wildman–Crippen MR) is 113 cm³/mol. The van der Waals surface area contributed by atoms with Crippen molar-refractivity contribution in [3.8, 4) is 5.82 Å². The number of nitrogens with zero attached hydrogens (tertiary/aromatic N) is 4. The lowest BCUT2D eigenvalue weighted by Crippen LogP contribution is -2.20. The van der Waals surface area contributed by atoms with Crippen molar-refractivity contribution in [2.45, 2.75) is 20.0 Å². The molecule has 0 saturated carbocycles. The van der Waals surface area contributed by atoms with Crippen LogP contribution in [-0.2, 0) is 15.8 Å². The summed E-state index contributed by atoms with van der Waals surface area (Å²) in [5, 5.41) is 9.78. The molecule has 3 N–H and O–H groups in total. The van der Waals surface area contributed by atoms with Crippen LogP contribution in [0.5, 0.6) is 0 Å². The van der Waals surface area contributed by atoms with Gasteiger partial charge in [-0.15, -0.1) is 0 Å². The van der Waals surface area contributed by atoms with E-state index in [0.717, 1.165) is 23.5 Å². The average molecular weight is 467 g/mol. The van der Waals surface area contributed by atoms with Crippen LogP contribution in [0.25, 0.3) is 5.82 Å². The number of anilines is 1. The van der Waals surface area contributed by atoms with Crippen molar-refractivity contribution in [1.29, 1.82) is 0 Å². The Labute approximate surface area is 185 Å². The highest BCUT2D eigenvalue weighted by atomic mass is 35.5. The van der Waals surface area contributed by atoms with Crippen LogP contribution in [0.1, 0.15) is 22.5 Å². The van der Waals surface area contributed by atoms with Gasteiger partial charge in [-0.25, -0.2) is 9.67 Å². The molecule has 0 bridgehead atoms. The van der Waals surface area contributed by atoms with Crippen molar-refractivity contribution in [3.05, 3.63) is 70.1 Å². The van der Waals surface area contributed by atoms with E-state index in [4.69, 9.17) is 22.2 Å². The topological polar surface area (TPSA) is 107 Å². The molecule has 0 spiro atoms. The molecule has 32 heavy (non-hydrogen) atoms. The molecule has 0 aliphatic rings. The maximum absolute atomic E-state index is 12.9. The minimum atomic E-state index is -4.65. The van der Waals surface area contributed by atoms with E-state index in [-0.39, 0.29) is 11.5 Å². The fraction of sp³-hybridized carbons (Fsp3) is 0.200. The Kier molecular flexibility index (Phi) is 6.68.